The lowest BCUT2D eigenvalue weighted by atomic mass is 10.1. The first kappa shape index (κ1) is 11.1. The van der Waals surface area contributed by atoms with Gasteiger partial charge in [0.1, 0.15) is 11.5 Å². The number of halogens is 1. The van der Waals surface area contributed by atoms with Gasteiger partial charge in [0.15, 0.2) is 5.15 Å². The lowest BCUT2D eigenvalue weighted by Crippen LogP contribution is -1.96. The second-order valence-electron chi connectivity index (χ2n) is 4.06. The maximum Gasteiger partial charge on any atom is 0.159 e. The Morgan fingerprint density at radius 3 is 2.83 bits per heavy atom. The van der Waals surface area contributed by atoms with Gasteiger partial charge in [0.05, 0.1) is 17.4 Å². The van der Waals surface area contributed by atoms with Gasteiger partial charge in [-0.2, -0.15) is 0 Å². The number of benzene rings is 1. The van der Waals surface area contributed by atoms with Gasteiger partial charge in [-0.15, -0.1) is 10.2 Å². The van der Waals surface area contributed by atoms with Crippen molar-refractivity contribution in [3.8, 4) is 11.3 Å². The molecular formula is C12H10ClN5. The van der Waals surface area contributed by atoms with Gasteiger partial charge in [-0.05, 0) is 19.1 Å². The Labute approximate surface area is 108 Å². The fraction of sp³-hybridized carbons (Fsp3) is 0.167. The number of imidazole rings is 1. The summed E-state index contributed by atoms with van der Waals surface area (Å²) >= 11 is 6.08. The molecule has 90 valence electrons. The van der Waals surface area contributed by atoms with Crippen LogP contribution in [0.15, 0.2) is 24.5 Å². The zero-order valence-corrected chi connectivity index (χ0v) is 10.7. The van der Waals surface area contributed by atoms with Gasteiger partial charge in [-0.1, -0.05) is 17.7 Å². The van der Waals surface area contributed by atoms with Crippen LogP contribution in [0, 0.1) is 6.92 Å². The van der Waals surface area contributed by atoms with Gasteiger partial charge in [-0.25, -0.2) is 9.97 Å². The molecule has 0 aliphatic heterocycles. The lowest BCUT2D eigenvalue weighted by Gasteiger charge is -2.03. The van der Waals surface area contributed by atoms with E-state index in [-0.39, 0.29) is 0 Å². The van der Waals surface area contributed by atoms with E-state index in [1.165, 1.54) is 0 Å². The standard InChI is InChI=1S/C12H10ClN5/c1-7-15-12(13)11(17-16-7)8-3-4-10-9(5-8)14-6-18(10)2/h3-6H,1-2H3. The van der Waals surface area contributed by atoms with Gasteiger partial charge >= 0.3 is 0 Å². The minimum absolute atomic E-state index is 0.359. The van der Waals surface area contributed by atoms with E-state index in [0.717, 1.165) is 16.6 Å². The van der Waals surface area contributed by atoms with Crippen LogP contribution in [0.2, 0.25) is 5.15 Å². The number of aryl methyl sites for hydroxylation is 2. The van der Waals surface area contributed by atoms with Crippen LogP contribution < -0.4 is 0 Å². The molecule has 0 N–H and O–H groups in total. The van der Waals surface area contributed by atoms with E-state index in [2.05, 4.69) is 20.2 Å². The highest BCUT2D eigenvalue weighted by molar-refractivity contribution is 6.31. The van der Waals surface area contributed by atoms with Gasteiger partial charge in [0, 0.05) is 12.6 Å². The Kier molecular flexibility index (Phi) is 2.48. The summed E-state index contributed by atoms with van der Waals surface area (Å²) in [6, 6.07) is 5.86. The topological polar surface area (TPSA) is 56.5 Å². The Morgan fingerprint density at radius 1 is 1.22 bits per heavy atom. The molecule has 0 radical (unpaired) electrons. The van der Waals surface area contributed by atoms with Crippen molar-refractivity contribution in [2.75, 3.05) is 0 Å². The van der Waals surface area contributed by atoms with E-state index < -0.39 is 0 Å². The number of hydrogen-bond donors (Lipinski definition) is 0. The first-order chi connectivity index (χ1) is 8.65. The third-order valence-electron chi connectivity index (χ3n) is 2.75. The lowest BCUT2D eigenvalue weighted by molar-refractivity contribution is 0.914. The molecular weight excluding hydrogens is 250 g/mol. The highest BCUT2D eigenvalue weighted by Crippen LogP contribution is 2.26. The Hall–Kier alpha value is -2.01. The summed E-state index contributed by atoms with van der Waals surface area (Å²) in [5.41, 5.74) is 3.40. The van der Waals surface area contributed by atoms with Crippen molar-refractivity contribution in [1.82, 2.24) is 24.7 Å². The smallest absolute Gasteiger partial charge is 0.159 e. The fourth-order valence-electron chi connectivity index (χ4n) is 1.84. The van der Waals surface area contributed by atoms with Crippen molar-refractivity contribution >= 4 is 22.6 Å². The van der Waals surface area contributed by atoms with Crippen molar-refractivity contribution in [3.63, 3.8) is 0 Å². The minimum atomic E-state index is 0.359. The molecule has 2 heterocycles. The SMILES string of the molecule is Cc1nnc(-c2ccc3c(c2)ncn3C)c(Cl)n1. The van der Waals surface area contributed by atoms with Crippen molar-refractivity contribution in [2.45, 2.75) is 6.92 Å². The van der Waals surface area contributed by atoms with Crippen LogP contribution in [-0.4, -0.2) is 24.7 Å². The largest absolute Gasteiger partial charge is 0.334 e. The number of rotatable bonds is 1. The van der Waals surface area contributed by atoms with Gasteiger partial charge < -0.3 is 4.57 Å². The molecule has 3 aromatic rings. The number of fused-ring (bicyclic) bond motifs is 1. The molecule has 1 aromatic carbocycles. The molecule has 0 aliphatic rings. The van der Waals surface area contributed by atoms with Gasteiger partial charge in [0.2, 0.25) is 0 Å². The summed E-state index contributed by atoms with van der Waals surface area (Å²) in [6.45, 7) is 1.75. The van der Waals surface area contributed by atoms with Crippen LogP contribution in [0.3, 0.4) is 0 Å². The summed E-state index contributed by atoms with van der Waals surface area (Å²) < 4.78 is 1.96. The third-order valence-corrected chi connectivity index (χ3v) is 3.01. The monoisotopic (exact) mass is 259 g/mol. The van der Waals surface area contributed by atoms with Gasteiger partial charge in [0.25, 0.3) is 0 Å². The molecule has 0 aliphatic carbocycles. The van der Waals surface area contributed by atoms with Crippen molar-refractivity contribution in [2.24, 2.45) is 7.05 Å². The maximum atomic E-state index is 6.08. The normalized spacial score (nSPS) is 11.1. The molecule has 0 bridgehead atoms. The van der Waals surface area contributed by atoms with Crippen LogP contribution in [0.25, 0.3) is 22.3 Å². The molecule has 2 aromatic heterocycles. The van der Waals surface area contributed by atoms with Crippen LogP contribution in [0.1, 0.15) is 5.82 Å². The Balaban J connectivity index is 2.19. The van der Waals surface area contributed by atoms with Crippen LogP contribution in [0.4, 0.5) is 0 Å². The molecule has 0 spiro atoms. The molecule has 0 saturated heterocycles. The van der Waals surface area contributed by atoms with E-state index in [0.29, 0.717) is 16.7 Å². The number of aromatic nitrogens is 5. The van der Waals surface area contributed by atoms with Crippen LogP contribution in [-0.2, 0) is 7.05 Å². The van der Waals surface area contributed by atoms with Crippen LogP contribution >= 0.6 is 11.6 Å². The summed E-state index contributed by atoms with van der Waals surface area (Å²) in [4.78, 5) is 8.40. The zero-order valence-electron chi connectivity index (χ0n) is 9.92. The molecule has 3 rings (SSSR count). The molecule has 0 amide bonds. The highest BCUT2D eigenvalue weighted by atomic mass is 35.5. The zero-order chi connectivity index (χ0) is 12.7. The van der Waals surface area contributed by atoms with E-state index in [4.69, 9.17) is 11.6 Å². The van der Waals surface area contributed by atoms with E-state index in [1.54, 1.807) is 13.3 Å². The Morgan fingerprint density at radius 2 is 2.06 bits per heavy atom. The summed E-state index contributed by atoms with van der Waals surface area (Å²) in [6.07, 6.45) is 1.77. The van der Waals surface area contributed by atoms with Crippen molar-refractivity contribution < 1.29 is 0 Å². The predicted octanol–water partition coefficient (Wildman–Crippen LogP) is 2.39. The van der Waals surface area contributed by atoms with Crippen molar-refractivity contribution in [3.05, 3.63) is 35.5 Å². The molecule has 0 saturated carbocycles. The van der Waals surface area contributed by atoms with E-state index in [9.17, 15) is 0 Å². The third kappa shape index (κ3) is 1.73. The summed E-state index contributed by atoms with van der Waals surface area (Å²) in [5, 5.41) is 8.37. The summed E-state index contributed by atoms with van der Waals surface area (Å²) in [5.74, 6) is 0.558. The maximum absolute atomic E-state index is 6.08. The minimum Gasteiger partial charge on any atom is -0.334 e. The van der Waals surface area contributed by atoms with E-state index >= 15 is 0 Å². The van der Waals surface area contributed by atoms with Crippen LogP contribution in [0.5, 0.6) is 0 Å². The number of hydrogen-bond acceptors (Lipinski definition) is 4. The highest BCUT2D eigenvalue weighted by Gasteiger charge is 2.10. The summed E-state index contributed by atoms with van der Waals surface area (Å²) in [7, 11) is 1.95. The number of nitrogens with zero attached hydrogens (tertiary/aromatic N) is 5. The predicted molar refractivity (Wildman–Crippen MR) is 69.3 cm³/mol. The first-order valence-corrected chi connectivity index (χ1v) is 5.81. The molecule has 18 heavy (non-hydrogen) atoms. The second-order valence-corrected chi connectivity index (χ2v) is 4.42. The Bertz CT molecular complexity index is 734. The van der Waals surface area contributed by atoms with Gasteiger partial charge in [-0.3, -0.25) is 0 Å². The average Bonchev–Trinajstić information content (AvgIpc) is 2.71. The molecule has 6 heteroatoms. The fourth-order valence-corrected chi connectivity index (χ4v) is 2.11. The quantitative estimate of drug-likeness (QED) is 0.673. The second kappa shape index (κ2) is 4.03. The molecule has 0 unspecified atom stereocenters. The van der Waals surface area contributed by atoms with E-state index in [1.807, 2.05) is 29.8 Å². The average molecular weight is 260 g/mol. The molecule has 0 fully saturated rings. The van der Waals surface area contributed by atoms with Crippen molar-refractivity contribution in [1.29, 1.82) is 0 Å². The molecule has 5 nitrogen and oxygen atoms in total. The molecule has 0 atom stereocenters. The first-order valence-electron chi connectivity index (χ1n) is 5.43.